The van der Waals surface area contributed by atoms with Crippen LogP contribution in [-0.2, 0) is 0 Å². The lowest BCUT2D eigenvalue weighted by Gasteiger charge is -2.31. The molecule has 1 saturated carbocycles. The SMILES string of the molecule is CCC1CCCC(NC(C)c2cccc(F)c2F)C1. The van der Waals surface area contributed by atoms with E-state index in [1.165, 1.54) is 25.3 Å². The van der Waals surface area contributed by atoms with E-state index in [2.05, 4.69) is 12.2 Å². The van der Waals surface area contributed by atoms with Gasteiger partial charge in [-0.1, -0.05) is 38.3 Å². The highest BCUT2D eigenvalue weighted by Crippen LogP contribution is 2.28. The summed E-state index contributed by atoms with van der Waals surface area (Å²) in [6, 6.07) is 4.68. The van der Waals surface area contributed by atoms with Gasteiger partial charge in [0.05, 0.1) is 0 Å². The Labute approximate surface area is 114 Å². The minimum atomic E-state index is -0.763. The number of hydrogen-bond donors (Lipinski definition) is 1. The van der Waals surface area contributed by atoms with E-state index >= 15 is 0 Å². The molecular formula is C16H23F2N. The average Bonchev–Trinajstić information content (AvgIpc) is 2.42. The lowest BCUT2D eigenvalue weighted by molar-refractivity contribution is 0.264. The Hall–Kier alpha value is -0.960. The molecule has 3 heteroatoms. The molecule has 1 aliphatic carbocycles. The van der Waals surface area contributed by atoms with Crippen LogP contribution in [-0.4, -0.2) is 6.04 Å². The van der Waals surface area contributed by atoms with Gasteiger partial charge in [0.2, 0.25) is 0 Å². The molecule has 1 aliphatic rings. The summed E-state index contributed by atoms with van der Waals surface area (Å²) in [7, 11) is 0. The van der Waals surface area contributed by atoms with Crippen molar-refractivity contribution in [1.29, 1.82) is 0 Å². The van der Waals surface area contributed by atoms with Crippen molar-refractivity contribution in [3.05, 3.63) is 35.4 Å². The normalized spacial score (nSPS) is 25.3. The van der Waals surface area contributed by atoms with Crippen molar-refractivity contribution in [2.75, 3.05) is 0 Å². The molecule has 0 amide bonds. The quantitative estimate of drug-likeness (QED) is 0.841. The number of rotatable bonds is 4. The van der Waals surface area contributed by atoms with E-state index in [-0.39, 0.29) is 6.04 Å². The molecule has 0 aromatic heterocycles. The first-order chi connectivity index (χ1) is 9.11. The molecule has 1 aromatic rings. The van der Waals surface area contributed by atoms with Gasteiger partial charge in [0.15, 0.2) is 11.6 Å². The van der Waals surface area contributed by atoms with Crippen LogP contribution in [0.25, 0.3) is 0 Å². The lowest BCUT2D eigenvalue weighted by Crippen LogP contribution is -2.36. The molecule has 1 aromatic carbocycles. The second kappa shape index (κ2) is 6.47. The fourth-order valence-electron chi connectivity index (χ4n) is 3.11. The third kappa shape index (κ3) is 3.53. The molecule has 0 bridgehead atoms. The van der Waals surface area contributed by atoms with Crippen LogP contribution in [0.3, 0.4) is 0 Å². The fourth-order valence-corrected chi connectivity index (χ4v) is 3.11. The third-order valence-corrected chi connectivity index (χ3v) is 4.29. The Morgan fingerprint density at radius 3 is 2.84 bits per heavy atom. The molecule has 2 rings (SSSR count). The summed E-state index contributed by atoms with van der Waals surface area (Å²) in [5, 5.41) is 3.46. The van der Waals surface area contributed by atoms with Crippen molar-refractivity contribution in [3.8, 4) is 0 Å². The van der Waals surface area contributed by atoms with Gasteiger partial charge in [0, 0.05) is 17.6 Å². The molecule has 0 spiro atoms. The Kier molecular flexibility index (Phi) is 4.92. The Bertz CT molecular complexity index is 419. The van der Waals surface area contributed by atoms with E-state index in [1.807, 2.05) is 6.92 Å². The molecule has 1 nitrogen and oxygen atoms in total. The Balaban J connectivity index is 2.00. The van der Waals surface area contributed by atoms with Gasteiger partial charge in [-0.2, -0.15) is 0 Å². The molecular weight excluding hydrogens is 244 g/mol. The summed E-state index contributed by atoms with van der Waals surface area (Å²) in [4.78, 5) is 0. The highest BCUT2D eigenvalue weighted by atomic mass is 19.2. The van der Waals surface area contributed by atoms with Gasteiger partial charge in [0.1, 0.15) is 0 Å². The van der Waals surface area contributed by atoms with E-state index in [9.17, 15) is 8.78 Å². The average molecular weight is 267 g/mol. The Morgan fingerprint density at radius 2 is 2.11 bits per heavy atom. The van der Waals surface area contributed by atoms with Crippen LogP contribution >= 0.6 is 0 Å². The van der Waals surface area contributed by atoms with Crippen molar-refractivity contribution in [2.45, 2.75) is 58.0 Å². The second-order valence-electron chi connectivity index (χ2n) is 5.67. The summed E-state index contributed by atoms with van der Waals surface area (Å²) in [6.45, 7) is 4.14. The summed E-state index contributed by atoms with van der Waals surface area (Å²) in [5.41, 5.74) is 0.429. The van der Waals surface area contributed by atoms with Crippen molar-refractivity contribution in [2.24, 2.45) is 5.92 Å². The summed E-state index contributed by atoms with van der Waals surface area (Å²) in [6.07, 6.45) is 6.03. The largest absolute Gasteiger partial charge is 0.307 e. The smallest absolute Gasteiger partial charge is 0.163 e. The van der Waals surface area contributed by atoms with Crippen molar-refractivity contribution >= 4 is 0 Å². The maximum absolute atomic E-state index is 13.7. The molecule has 0 saturated heterocycles. The standard InChI is InChI=1S/C16H23F2N/c1-3-12-6-4-7-13(10-12)19-11(2)14-8-5-9-15(17)16(14)18/h5,8-9,11-13,19H,3-4,6-7,10H2,1-2H3. The minimum Gasteiger partial charge on any atom is -0.307 e. The van der Waals surface area contributed by atoms with Crippen LogP contribution in [0.15, 0.2) is 18.2 Å². The van der Waals surface area contributed by atoms with Crippen molar-refractivity contribution in [1.82, 2.24) is 5.32 Å². The van der Waals surface area contributed by atoms with Gasteiger partial charge in [-0.25, -0.2) is 8.78 Å². The highest BCUT2D eigenvalue weighted by molar-refractivity contribution is 5.22. The third-order valence-electron chi connectivity index (χ3n) is 4.29. The summed E-state index contributed by atoms with van der Waals surface area (Å²) in [5.74, 6) is -0.706. The lowest BCUT2D eigenvalue weighted by atomic mass is 9.84. The maximum atomic E-state index is 13.7. The maximum Gasteiger partial charge on any atom is 0.163 e. The predicted molar refractivity (Wildman–Crippen MR) is 73.9 cm³/mol. The molecule has 1 fully saturated rings. The first-order valence-electron chi connectivity index (χ1n) is 7.31. The number of hydrogen-bond acceptors (Lipinski definition) is 1. The van der Waals surface area contributed by atoms with E-state index < -0.39 is 11.6 Å². The fraction of sp³-hybridized carbons (Fsp3) is 0.625. The topological polar surface area (TPSA) is 12.0 Å². The van der Waals surface area contributed by atoms with Crippen LogP contribution < -0.4 is 5.32 Å². The summed E-state index contributed by atoms with van der Waals surface area (Å²) >= 11 is 0. The molecule has 0 radical (unpaired) electrons. The molecule has 19 heavy (non-hydrogen) atoms. The van der Waals surface area contributed by atoms with Crippen LogP contribution in [0.2, 0.25) is 0 Å². The van der Waals surface area contributed by atoms with Crippen LogP contribution in [0.4, 0.5) is 8.78 Å². The minimum absolute atomic E-state index is 0.142. The molecule has 3 unspecified atom stereocenters. The van der Waals surface area contributed by atoms with Gasteiger partial charge in [-0.05, 0) is 31.7 Å². The van der Waals surface area contributed by atoms with Gasteiger partial charge in [0.25, 0.3) is 0 Å². The molecule has 0 aliphatic heterocycles. The van der Waals surface area contributed by atoms with E-state index in [4.69, 9.17) is 0 Å². The van der Waals surface area contributed by atoms with Crippen LogP contribution in [0.1, 0.15) is 57.6 Å². The number of nitrogens with one attached hydrogen (secondary N) is 1. The zero-order valence-electron chi connectivity index (χ0n) is 11.8. The zero-order valence-corrected chi connectivity index (χ0v) is 11.8. The monoisotopic (exact) mass is 267 g/mol. The molecule has 106 valence electrons. The first kappa shape index (κ1) is 14.4. The van der Waals surface area contributed by atoms with Crippen LogP contribution in [0.5, 0.6) is 0 Å². The molecule has 3 atom stereocenters. The van der Waals surface area contributed by atoms with Gasteiger partial charge < -0.3 is 5.32 Å². The first-order valence-corrected chi connectivity index (χ1v) is 7.31. The second-order valence-corrected chi connectivity index (χ2v) is 5.67. The predicted octanol–water partition coefficient (Wildman–Crippen LogP) is 4.58. The number of halogens is 2. The van der Waals surface area contributed by atoms with E-state index in [0.29, 0.717) is 11.6 Å². The molecule has 0 heterocycles. The molecule has 1 N–H and O–H groups in total. The summed E-state index contributed by atoms with van der Waals surface area (Å²) < 4.78 is 27.0. The van der Waals surface area contributed by atoms with Crippen LogP contribution in [0, 0.1) is 17.6 Å². The van der Waals surface area contributed by atoms with Crippen molar-refractivity contribution < 1.29 is 8.78 Å². The highest BCUT2D eigenvalue weighted by Gasteiger charge is 2.23. The van der Waals surface area contributed by atoms with Gasteiger partial charge in [-0.15, -0.1) is 0 Å². The van der Waals surface area contributed by atoms with Crippen molar-refractivity contribution in [3.63, 3.8) is 0 Å². The van der Waals surface area contributed by atoms with E-state index in [1.54, 1.807) is 12.1 Å². The van der Waals surface area contributed by atoms with Gasteiger partial charge in [-0.3, -0.25) is 0 Å². The Morgan fingerprint density at radius 1 is 1.32 bits per heavy atom. The van der Waals surface area contributed by atoms with E-state index in [0.717, 1.165) is 18.8 Å². The zero-order chi connectivity index (χ0) is 13.8. The van der Waals surface area contributed by atoms with Gasteiger partial charge >= 0.3 is 0 Å². The number of benzene rings is 1.